The molecule has 3 aromatic rings. The van der Waals surface area contributed by atoms with Crippen LogP contribution in [0, 0.1) is 0 Å². The van der Waals surface area contributed by atoms with Gasteiger partial charge in [0.05, 0.1) is 11.8 Å². The number of nitrogens with zero attached hydrogens (tertiary/aromatic N) is 5. The molecule has 0 unspecified atom stereocenters. The number of nitrogens with one attached hydrogen (secondary N) is 1. The number of aryl methyl sites for hydroxylation is 1. The van der Waals surface area contributed by atoms with Gasteiger partial charge in [0.1, 0.15) is 15.8 Å². The second-order valence-corrected chi connectivity index (χ2v) is 11.1. The van der Waals surface area contributed by atoms with Crippen molar-refractivity contribution >= 4 is 27.6 Å². The van der Waals surface area contributed by atoms with Crippen LogP contribution < -0.4 is 9.46 Å². The van der Waals surface area contributed by atoms with E-state index in [2.05, 4.69) is 43.9 Å². The van der Waals surface area contributed by atoms with Crippen LogP contribution in [0.4, 0.5) is 5.95 Å². The number of halogens is 1. The fourth-order valence-electron chi connectivity index (χ4n) is 4.24. The lowest BCUT2D eigenvalue weighted by molar-refractivity contribution is 0.255. The van der Waals surface area contributed by atoms with Gasteiger partial charge in [0.2, 0.25) is 11.8 Å². The summed E-state index contributed by atoms with van der Waals surface area (Å²) in [6, 6.07) is 8.05. The Hall–Kier alpha value is -2.69. The predicted octanol–water partition coefficient (Wildman–Crippen LogP) is 4.14. The zero-order chi connectivity index (χ0) is 23.9. The van der Waals surface area contributed by atoms with E-state index in [-0.39, 0.29) is 27.8 Å². The molecule has 2 aromatic heterocycles. The van der Waals surface area contributed by atoms with Gasteiger partial charge < -0.3 is 9.64 Å². The van der Waals surface area contributed by atoms with Crippen molar-refractivity contribution in [2.24, 2.45) is 7.05 Å². The Morgan fingerprint density at radius 1 is 1.03 bits per heavy atom. The van der Waals surface area contributed by atoms with Gasteiger partial charge in [-0.15, -0.1) is 0 Å². The highest BCUT2D eigenvalue weighted by molar-refractivity contribution is 7.92. The Morgan fingerprint density at radius 3 is 2.35 bits per heavy atom. The van der Waals surface area contributed by atoms with Crippen LogP contribution in [0.1, 0.15) is 48.6 Å². The van der Waals surface area contributed by atoms with Crippen LogP contribution in [-0.4, -0.2) is 53.2 Å². The summed E-state index contributed by atoms with van der Waals surface area (Å²) >= 11 is 6.47. The molecule has 2 aliphatic rings. The van der Waals surface area contributed by atoms with Crippen molar-refractivity contribution in [3.63, 3.8) is 0 Å². The molecule has 0 atom stereocenters. The average Bonchev–Trinajstić information content (AvgIpc) is 3.52. The number of hydrogen-bond donors (Lipinski definition) is 1. The Morgan fingerprint density at radius 2 is 1.74 bits per heavy atom. The minimum atomic E-state index is -3.91. The van der Waals surface area contributed by atoms with Crippen molar-refractivity contribution in [2.45, 2.75) is 42.4 Å². The first-order valence-electron chi connectivity index (χ1n) is 11.3. The summed E-state index contributed by atoms with van der Waals surface area (Å²) in [6.45, 7) is 2.20. The van der Waals surface area contributed by atoms with Crippen LogP contribution in [0.2, 0.25) is 5.15 Å². The lowest BCUT2D eigenvalue weighted by Gasteiger charge is -2.29. The molecule has 2 fully saturated rings. The van der Waals surface area contributed by atoms with Gasteiger partial charge in [0.15, 0.2) is 0 Å². The van der Waals surface area contributed by atoms with Gasteiger partial charge in [-0.25, -0.2) is 13.1 Å². The van der Waals surface area contributed by atoms with Crippen molar-refractivity contribution in [1.82, 2.24) is 24.6 Å². The molecule has 5 rings (SSSR count). The minimum absolute atomic E-state index is 0.00737. The molecule has 1 aliphatic heterocycles. The molecule has 180 valence electrons. The smallest absolute Gasteiger partial charge is 0.267 e. The van der Waals surface area contributed by atoms with Gasteiger partial charge >= 0.3 is 0 Å². The van der Waals surface area contributed by atoms with E-state index in [1.165, 1.54) is 22.6 Å². The second-order valence-electron chi connectivity index (χ2n) is 9.03. The quantitative estimate of drug-likeness (QED) is 0.484. The third-order valence-corrected chi connectivity index (χ3v) is 7.92. The molecule has 0 bridgehead atoms. The maximum absolute atomic E-state index is 12.7. The molecule has 3 heterocycles. The van der Waals surface area contributed by atoms with Crippen molar-refractivity contribution in [2.75, 3.05) is 24.9 Å². The number of aromatic nitrogens is 4. The summed E-state index contributed by atoms with van der Waals surface area (Å²) in [4.78, 5) is 10.9. The minimum Gasteiger partial charge on any atom is -0.438 e. The van der Waals surface area contributed by atoms with Gasteiger partial charge in [-0.05, 0) is 75.4 Å². The van der Waals surface area contributed by atoms with E-state index in [0.717, 1.165) is 38.8 Å². The summed E-state index contributed by atoms with van der Waals surface area (Å²) < 4.78 is 35.3. The highest BCUT2D eigenvalue weighted by Crippen LogP contribution is 2.47. The highest BCUT2D eigenvalue weighted by Gasteiger charge is 2.32. The third-order valence-electron chi connectivity index (χ3n) is 6.35. The fraction of sp³-hybridized carbons (Fsp3) is 0.435. The van der Waals surface area contributed by atoms with Crippen LogP contribution in [0.15, 0.2) is 41.6 Å². The molecule has 11 heteroatoms. The molecule has 1 aromatic carbocycles. The van der Waals surface area contributed by atoms with Crippen LogP contribution in [0.3, 0.4) is 0 Å². The molecule has 1 saturated carbocycles. The number of sulfonamides is 1. The zero-order valence-electron chi connectivity index (χ0n) is 19.1. The third kappa shape index (κ3) is 5.03. The molecule has 0 amide bonds. The van der Waals surface area contributed by atoms with Crippen molar-refractivity contribution in [3.8, 4) is 11.6 Å². The number of likely N-dealkylation sites (tertiary alicyclic amines) is 1. The van der Waals surface area contributed by atoms with Gasteiger partial charge in [0.25, 0.3) is 10.0 Å². The maximum Gasteiger partial charge on any atom is 0.267 e. The SMILES string of the molecule is CN1CCC(c2ccc(Oc3nc(NS(=O)(=O)c4cnn(C)c4)nc(Cl)c3C3CC3)cc2)CC1. The monoisotopic (exact) mass is 502 g/mol. The number of rotatable bonds is 7. The Labute approximate surface area is 204 Å². The molecule has 1 aliphatic carbocycles. The van der Waals surface area contributed by atoms with Gasteiger partial charge in [0, 0.05) is 13.2 Å². The topological polar surface area (TPSA) is 102 Å². The van der Waals surface area contributed by atoms with Gasteiger partial charge in [-0.3, -0.25) is 4.68 Å². The fourth-order valence-corrected chi connectivity index (χ4v) is 5.48. The molecule has 0 spiro atoms. The maximum atomic E-state index is 12.7. The zero-order valence-corrected chi connectivity index (χ0v) is 20.7. The predicted molar refractivity (Wildman–Crippen MR) is 129 cm³/mol. The summed E-state index contributed by atoms with van der Waals surface area (Å²) in [5.41, 5.74) is 2.01. The summed E-state index contributed by atoms with van der Waals surface area (Å²) in [7, 11) is -0.119. The van der Waals surface area contributed by atoms with Crippen LogP contribution in [0.5, 0.6) is 11.6 Å². The number of benzene rings is 1. The van der Waals surface area contributed by atoms with Crippen LogP contribution in [0.25, 0.3) is 0 Å². The van der Waals surface area contributed by atoms with E-state index < -0.39 is 10.0 Å². The van der Waals surface area contributed by atoms with Crippen LogP contribution in [-0.2, 0) is 17.1 Å². The first-order valence-corrected chi connectivity index (χ1v) is 13.2. The van der Waals surface area contributed by atoms with Gasteiger partial charge in [-0.1, -0.05) is 23.7 Å². The summed E-state index contributed by atoms with van der Waals surface area (Å²) in [5.74, 6) is 1.52. The molecule has 9 nitrogen and oxygen atoms in total. The lowest BCUT2D eigenvalue weighted by atomic mass is 9.90. The van der Waals surface area contributed by atoms with Crippen molar-refractivity contribution < 1.29 is 13.2 Å². The van der Waals surface area contributed by atoms with E-state index >= 15 is 0 Å². The molecule has 1 N–H and O–H groups in total. The van der Waals surface area contributed by atoms with Crippen molar-refractivity contribution in [3.05, 3.63) is 52.9 Å². The normalized spacial score (nSPS) is 17.6. The number of anilines is 1. The van der Waals surface area contributed by atoms with E-state index in [0.29, 0.717) is 17.2 Å². The first-order chi connectivity index (χ1) is 16.3. The van der Waals surface area contributed by atoms with E-state index in [4.69, 9.17) is 16.3 Å². The highest BCUT2D eigenvalue weighted by atomic mass is 35.5. The Kier molecular flexibility index (Phi) is 6.22. The van der Waals surface area contributed by atoms with Crippen LogP contribution >= 0.6 is 11.6 Å². The molecule has 1 saturated heterocycles. The molecule has 0 radical (unpaired) electrons. The van der Waals surface area contributed by atoms with E-state index in [1.54, 1.807) is 7.05 Å². The standard InChI is InChI=1S/C23H27ClN6O3S/c1-29-11-9-16(10-12-29)15-5-7-18(8-6-15)33-22-20(17-3-4-17)21(24)26-23(27-22)28-34(31,32)19-13-25-30(2)14-19/h5-8,13-14,16-17H,3-4,9-12H2,1-2H3,(H,26,27,28). The average molecular weight is 503 g/mol. The van der Waals surface area contributed by atoms with E-state index in [1.807, 2.05) is 12.1 Å². The van der Waals surface area contributed by atoms with E-state index in [9.17, 15) is 8.42 Å². The van der Waals surface area contributed by atoms with Gasteiger partial charge in [-0.2, -0.15) is 15.1 Å². The summed E-state index contributed by atoms with van der Waals surface area (Å²) in [5, 5.41) is 4.10. The lowest BCUT2D eigenvalue weighted by Crippen LogP contribution is -2.29. The molecular weight excluding hydrogens is 476 g/mol. The van der Waals surface area contributed by atoms with Crippen molar-refractivity contribution in [1.29, 1.82) is 0 Å². The number of ether oxygens (including phenoxy) is 1. The molecule has 34 heavy (non-hydrogen) atoms. The largest absolute Gasteiger partial charge is 0.438 e. The number of piperidine rings is 1. The molecular formula is C23H27ClN6O3S. The first kappa shape index (κ1) is 23.1. The number of hydrogen-bond acceptors (Lipinski definition) is 7. The second kappa shape index (κ2) is 9.16. The Balaban J connectivity index is 1.39. The Bertz CT molecular complexity index is 1280. The summed E-state index contributed by atoms with van der Waals surface area (Å²) in [6.07, 6.45) is 6.87.